The van der Waals surface area contributed by atoms with Crippen molar-refractivity contribution >= 4 is 11.9 Å². The third-order valence-corrected chi connectivity index (χ3v) is 2.82. The Balaban J connectivity index is 1.83. The van der Waals surface area contributed by atoms with Crippen LogP contribution in [0.5, 0.6) is 6.01 Å². The molecule has 2 rings (SSSR count). The van der Waals surface area contributed by atoms with Crippen molar-refractivity contribution in [1.82, 2.24) is 19.9 Å². The minimum atomic E-state index is 0.178. The molecular weight excluding hydrogens is 232 g/mol. The van der Waals surface area contributed by atoms with Gasteiger partial charge in [0, 0.05) is 13.1 Å². The highest BCUT2D eigenvalue weighted by Gasteiger charge is 2.11. The van der Waals surface area contributed by atoms with Crippen LogP contribution in [0.15, 0.2) is 0 Å². The Morgan fingerprint density at radius 2 is 2.06 bits per heavy atom. The SMILES string of the molecule is CCOc1nc(N)nc(NCCN2CCCC2)n1. The zero-order valence-electron chi connectivity index (χ0n) is 10.7. The molecule has 1 aromatic heterocycles. The number of nitrogens with zero attached hydrogens (tertiary/aromatic N) is 4. The van der Waals surface area contributed by atoms with Crippen molar-refractivity contribution in [3.05, 3.63) is 0 Å². The third kappa shape index (κ3) is 3.69. The summed E-state index contributed by atoms with van der Waals surface area (Å²) in [6.45, 7) is 6.55. The molecule has 0 aliphatic carbocycles. The lowest BCUT2D eigenvalue weighted by molar-refractivity contribution is 0.312. The van der Waals surface area contributed by atoms with E-state index in [1.54, 1.807) is 0 Å². The molecule has 0 saturated carbocycles. The minimum absolute atomic E-state index is 0.178. The fourth-order valence-corrected chi connectivity index (χ4v) is 1.98. The minimum Gasteiger partial charge on any atom is -0.464 e. The van der Waals surface area contributed by atoms with Gasteiger partial charge in [-0.2, -0.15) is 15.0 Å². The number of ether oxygens (including phenoxy) is 1. The summed E-state index contributed by atoms with van der Waals surface area (Å²) in [5, 5.41) is 3.15. The molecule has 1 fully saturated rings. The molecule has 0 spiro atoms. The number of rotatable bonds is 6. The van der Waals surface area contributed by atoms with Gasteiger partial charge in [-0.15, -0.1) is 0 Å². The van der Waals surface area contributed by atoms with Crippen LogP contribution < -0.4 is 15.8 Å². The number of hydrogen-bond acceptors (Lipinski definition) is 7. The number of likely N-dealkylation sites (tertiary alicyclic amines) is 1. The summed E-state index contributed by atoms with van der Waals surface area (Å²) in [6, 6.07) is 0.272. The molecule has 0 atom stereocenters. The summed E-state index contributed by atoms with van der Waals surface area (Å²) >= 11 is 0. The molecule has 1 aromatic rings. The average molecular weight is 252 g/mol. The van der Waals surface area contributed by atoms with Crippen LogP contribution in [-0.4, -0.2) is 52.6 Å². The molecule has 18 heavy (non-hydrogen) atoms. The smallest absolute Gasteiger partial charge is 0.323 e. The zero-order valence-corrected chi connectivity index (χ0v) is 10.7. The van der Waals surface area contributed by atoms with Gasteiger partial charge in [-0.1, -0.05) is 0 Å². The van der Waals surface area contributed by atoms with Crippen LogP contribution in [0.1, 0.15) is 19.8 Å². The lowest BCUT2D eigenvalue weighted by Gasteiger charge is -2.14. The molecule has 0 radical (unpaired) electrons. The van der Waals surface area contributed by atoms with Crippen LogP contribution >= 0.6 is 0 Å². The fraction of sp³-hybridized carbons (Fsp3) is 0.727. The molecule has 0 unspecified atom stereocenters. The Kier molecular flexibility index (Phi) is 4.52. The highest BCUT2D eigenvalue weighted by Crippen LogP contribution is 2.09. The number of aromatic nitrogens is 3. The summed E-state index contributed by atoms with van der Waals surface area (Å²) in [5.41, 5.74) is 5.59. The van der Waals surface area contributed by atoms with E-state index in [2.05, 4.69) is 25.2 Å². The van der Waals surface area contributed by atoms with Gasteiger partial charge >= 0.3 is 6.01 Å². The van der Waals surface area contributed by atoms with Crippen molar-refractivity contribution < 1.29 is 4.74 Å². The maximum Gasteiger partial charge on any atom is 0.323 e. The number of nitrogens with two attached hydrogens (primary N) is 1. The number of hydrogen-bond donors (Lipinski definition) is 2. The van der Waals surface area contributed by atoms with Crippen molar-refractivity contribution in [2.45, 2.75) is 19.8 Å². The summed E-state index contributed by atoms with van der Waals surface area (Å²) in [5.74, 6) is 0.655. The Morgan fingerprint density at radius 3 is 2.78 bits per heavy atom. The third-order valence-electron chi connectivity index (χ3n) is 2.82. The number of nitrogens with one attached hydrogen (secondary N) is 1. The molecule has 2 heterocycles. The average Bonchev–Trinajstić information content (AvgIpc) is 2.82. The van der Waals surface area contributed by atoms with Crippen LogP contribution in [0.4, 0.5) is 11.9 Å². The molecule has 1 aliphatic heterocycles. The highest BCUT2D eigenvalue weighted by molar-refractivity contribution is 5.32. The first kappa shape index (κ1) is 12.8. The predicted octanol–water partition coefficient (Wildman–Crippen LogP) is 0.360. The van der Waals surface area contributed by atoms with Crippen LogP contribution in [0.2, 0.25) is 0 Å². The van der Waals surface area contributed by atoms with E-state index in [4.69, 9.17) is 10.5 Å². The normalized spacial score (nSPS) is 15.8. The Labute approximate surface area is 107 Å². The van der Waals surface area contributed by atoms with E-state index >= 15 is 0 Å². The first-order valence-corrected chi connectivity index (χ1v) is 6.38. The van der Waals surface area contributed by atoms with Gasteiger partial charge < -0.3 is 20.7 Å². The van der Waals surface area contributed by atoms with Gasteiger partial charge in [-0.3, -0.25) is 0 Å². The first-order valence-electron chi connectivity index (χ1n) is 6.38. The van der Waals surface area contributed by atoms with Gasteiger partial charge in [0.1, 0.15) is 0 Å². The second-order valence-corrected chi connectivity index (χ2v) is 4.21. The lowest BCUT2D eigenvalue weighted by atomic mass is 10.4. The Hall–Kier alpha value is -1.63. The van der Waals surface area contributed by atoms with Gasteiger partial charge in [0.2, 0.25) is 11.9 Å². The van der Waals surface area contributed by atoms with Gasteiger partial charge in [0.25, 0.3) is 0 Å². The monoisotopic (exact) mass is 252 g/mol. The van der Waals surface area contributed by atoms with Crippen LogP contribution in [0.25, 0.3) is 0 Å². The second kappa shape index (κ2) is 6.34. The largest absolute Gasteiger partial charge is 0.464 e. The summed E-state index contributed by atoms with van der Waals surface area (Å²) < 4.78 is 5.21. The summed E-state index contributed by atoms with van der Waals surface area (Å²) in [4.78, 5) is 14.5. The van der Waals surface area contributed by atoms with Crippen molar-refractivity contribution in [2.24, 2.45) is 0 Å². The van der Waals surface area contributed by atoms with Crippen molar-refractivity contribution in [3.8, 4) is 6.01 Å². The maximum absolute atomic E-state index is 5.59. The topological polar surface area (TPSA) is 89.2 Å². The van der Waals surface area contributed by atoms with E-state index in [1.165, 1.54) is 25.9 Å². The van der Waals surface area contributed by atoms with Crippen LogP contribution in [0.3, 0.4) is 0 Å². The van der Waals surface area contributed by atoms with E-state index in [0.29, 0.717) is 12.6 Å². The van der Waals surface area contributed by atoms with E-state index in [1.807, 2.05) is 6.92 Å². The van der Waals surface area contributed by atoms with Gasteiger partial charge in [0.05, 0.1) is 6.61 Å². The molecule has 0 bridgehead atoms. The van der Waals surface area contributed by atoms with E-state index in [9.17, 15) is 0 Å². The second-order valence-electron chi connectivity index (χ2n) is 4.21. The standard InChI is InChI=1S/C11H20N6O/c1-2-18-11-15-9(12)14-10(16-11)13-5-8-17-6-3-4-7-17/h2-8H2,1H3,(H3,12,13,14,15,16). The predicted molar refractivity (Wildman–Crippen MR) is 69.6 cm³/mol. The first-order chi connectivity index (χ1) is 8.78. The maximum atomic E-state index is 5.59. The van der Waals surface area contributed by atoms with Crippen molar-refractivity contribution in [3.63, 3.8) is 0 Å². The Bertz CT molecular complexity index is 380. The van der Waals surface area contributed by atoms with E-state index in [0.717, 1.165) is 13.1 Å². The molecule has 3 N–H and O–H groups in total. The quantitative estimate of drug-likeness (QED) is 0.755. The fourth-order valence-electron chi connectivity index (χ4n) is 1.98. The van der Waals surface area contributed by atoms with E-state index < -0.39 is 0 Å². The van der Waals surface area contributed by atoms with Crippen LogP contribution in [-0.2, 0) is 0 Å². The van der Waals surface area contributed by atoms with Crippen molar-refractivity contribution in [2.75, 3.05) is 43.8 Å². The highest BCUT2D eigenvalue weighted by atomic mass is 16.5. The van der Waals surface area contributed by atoms with Gasteiger partial charge in [-0.25, -0.2) is 0 Å². The molecule has 100 valence electrons. The number of anilines is 2. The van der Waals surface area contributed by atoms with Crippen molar-refractivity contribution in [1.29, 1.82) is 0 Å². The zero-order chi connectivity index (χ0) is 12.8. The molecular formula is C11H20N6O. The summed E-state index contributed by atoms with van der Waals surface area (Å²) in [6.07, 6.45) is 2.60. The molecule has 0 aromatic carbocycles. The molecule has 1 saturated heterocycles. The van der Waals surface area contributed by atoms with Gasteiger partial charge in [-0.05, 0) is 32.9 Å². The molecule has 7 nitrogen and oxygen atoms in total. The lowest BCUT2D eigenvalue weighted by Crippen LogP contribution is -2.26. The molecule has 7 heteroatoms. The molecule has 1 aliphatic rings. The summed E-state index contributed by atoms with van der Waals surface area (Å²) in [7, 11) is 0. The van der Waals surface area contributed by atoms with E-state index in [-0.39, 0.29) is 12.0 Å². The Morgan fingerprint density at radius 1 is 1.28 bits per heavy atom. The van der Waals surface area contributed by atoms with Crippen LogP contribution in [0, 0.1) is 0 Å². The molecule has 0 amide bonds. The number of nitrogen functional groups attached to an aromatic ring is 1. The van der Waals surface area contributed by atoms with Gasteiger partial charge in [0.15, 0.2) is 0 Å².